The molecule has 3 aromatic heterocycles. The first kappa shape index (κ1) is 27.4. The van der Waals surface area contributed by atoms with E-state index >= 15 is 0 Å². The van der Waals surface area contributed by atoms with Crippen molar-refractivity contribution < 1.29 is 19.1 Å². The van der Waals surface area contributed by atoms with E-state index in [4.69, 9.17) is 21.1 Å². The van der Waals surface area contributed by atoms with Gasteiger partial charge in [0.2, 0.25) is 0 Å². The predicted octanol–water partition coefficient (Wildman–Crippen LogP) is 4.03. The van der Waals surface area contributed by atoms with Crippen LogP contribution in [0.5, 0.6) is 0 Å². The van der Waals surface area contributed by atoms with Gasteiger partial charge in [-0.1, -0.05) is 35.0 Å². The highest BCUT2D eigenvalue weighted by Gasteiger charge is 2.21. The Bertz CT molecular complexity index is 1480. The van der Waals surface area contributed by atoms with Crippen LogP contribution in [0.15, 0.2) is 60.9 Å². The second kappa shape index (κ2) is 12.4. The monoisotopic (exact) mass is 560 g/mol. The molecule has 1 aromatic carbocycles. The van der Waals surface area contributed by atoms with Gasteiger partial charge in [0.25, 0.3) is 0 Å². The summed E-state index contributed by atoms with van der Waals surface area (Å²) in [5.74, 6) is -0.505. The van der Waals surface area contributed by atoms with E-state index < -0.39 is 12.1 Å². The summed E-state index contributed by atoms with van der Waals surface area (Å²) in [6.07, 6.45) is 2.74. The number of rotatable bonds is 9. The first-order valence-electron chi connectivity index (χ1n) is 13.0. The third kappa shape index (κ3) is 6.35. The number of ketones is 1. The zero-order valence-corrected chi connectivity index (χ0v) is 23.0. The number of ether oxygens (including phenoxy) is 2. The number of pyridine rings is 2. The summed E-state index contributed by atoms with van der Waals surface area (Å²) < 4.78 is 12.5. The molecule has 1 saturated heterocycles. The van der Waals surface area contributed by atoms with Crippen molar-refractivity contribution in [2.75, 3.05) is 31.2 Å². The Morgan fingerprint density at radius 1 is 1.05 bits per heavy atom. The van der Waals surface area contributed by atoms with Crippen LogP contribution in [0.25, 0.3) is 11.4 Å². The van der Waals surface area contributed by atoms with Gasteiger partial charge in [0.15, 0.2) is 5.78 Å². The molecule has 1 aliphatic rings. The number of Topliss-reactive ketones (excluding diaryl/α,β-unsaturated/α-hetero) is 1. The van der Waals surface area contributed by atoms with Gasteiger partial charge in [-0.15, -0.1) is 5.10 Å². The Labute approximate surface area is 236 Å². The fourth-order valence-electron chi connectivity index (χ4n) is 4.55. The first-order valence-corrected chi connectivity index (χ1v) is 13.4. The summed E-state index contributed by atoms with van der Waals surface area (Å²) in [4.78, 5) is 36.4. The molecule has 1 atom stereocenters. The summed E-state index contributed by atoms with van der Waals surface area (Å²) >= 11 is 6.13. The number of aromatic nitrogens is 5. The first-order chi connectivity index (χ1) is 19.4. The highest BCUT2D eigenvalue weighted by Crippen LogP contribution is 2.25. The van der Waals surface area contributed by atoms with Crippen molar-refractivity contribution in [2.45, 2.75) is 25.9 Å². The van der Waals surface area contributed by atoms with Crippen molar-refractivity contribution in [1.29, 1.82) is 0 Å². The van der Waals surface area contributed by atoms with Gasteiger partial charge >= 0.3 is 5.97 Å². The zero-order chi connectivity index (χ0) is 28.1. The SMILES string of the molecule is C[C@@H](OC(=O)Cc1c(-c2ccc(C(=O)Cc3ccc(N4CCOCC4)cc3)cn2)nnn1C)c1cccnc1Cl. The molecule has 4 heterocycles. The molecule has 11 heteroatoms. The molecule has 206 valence electrons. The van der Waals surface area contributed by atoms with E-state index in [9.17, 15) is 9.59 Å². The number of nitrogens with zero attached hydrogens (tertiary/aromatic N) is 6. The number of esters is 1. The van der Waals surface area contributed by atoms with Crippen molar-refractivity contribution in [1.82, 2.24) is 25.0 Å². The maximum atomic E-state index is 12.9. The van der Waals surface area contributed by atoms with Crippen molar-refractivity contribution >= 4 is 29.0 Å². The van der Waals surface area contributed by atoms with Crippen molar-refractivity contribution in [3.8, 4) is 11.4 Å². The van der Waals surface area contributed by atoms with Crippen LogP contribution < -0.4 is 4.90 Å². The highest BCUT2D eigenvalue weighted by molar-refractivity contribution is 6.30. The Morgan fingerprint density at radius 3 is 2.52 bits per heavy atom. The van der Waals surface area contributed by atoms with Gasteiger partial charge in [-0.2, -0.15) is 0 Å². The predicted molar refractivity (Wildman–Crippen MR) is 149 cm³/mol. The van der Waals surface area contributed by atoms with Crippen LogP contribution in [0.1, 0.15) is 40.2 Å². The van der Waals surface area contributed by atoms with Crippen LogP contribution in [-0.4, -0.2) is 63.0 Å². The standard InChI is InChI=1S/C29H29ClN6O4/c1-19(23-4-3-11-31-29(23)30)40-27(38)17-25-28(33-34-35(25)2)24-10-7-21(18-32-24)26(37)16-20-5-8-22(9-6-20)36-12-14-39-15-13-36/h3-11,18-19H,12-17H2,1-2H3/t19-/m1/s1. The maximum Gasteiger partial charge on any atom is 0.312 e. The Hall–Kier alpha value is -4.15. The molecule has 0 spiro atoms. The number of carbonyl (C=O) groups is 2. The lowest BCUT2D eigenvalue weighted by atomic mass is 10.0. The Balaban J connectivity index is 1.22. The topological polar surface area (TPSA) is 112 Å². The van der Waals surface area contributed by atoms with Gasteiger partial charge in [0.1, 0.15) is 17.0 Å². The summed E-state index contributed by atoms with van der Waals surface area (Å²) in [6, 6.07) is 15.0. The molecule has 4 aromatic rings. The van der Waals surface area contributed by atoms with Crippen LogP contribution in [0.3, 0.4) is 0 Å². The number of halogens is 1. The molecule has 0 amide bonds. The molecule has 0 aliphatic carbocycles. The maximum absolute atomic E-state index is 12.9. The number of aryl methyl sites for hydroxylation is 1. The Kier molecular flexibility index (Phi) is 8.47. The van der Waals surface area contributed by atoms with Crippen molar-refractivity contribution in [2.24, 2.45) is 7.05 Å². The molecule has 0 saturated carbocycles. The lowest BCUT2D eigenvalue weighted by molar-refractivity contribution is -0.147. The number of benzene rings is 1. The lowest BCUT2D eigenvalue weighted by Gasteiger charge is -2.28. The van der Waals surface area contributed by atoms with Crippen LogP contribution in [0, 0.1) is 0 Å². The number of carbonyl (C=O) groups excluding carboxylic acids is 2. The van der Waals surface area contributed by atoms with Crippen LogP contribution in [-0.2, 0) is 34.2 Å². The van der Waals surface area contributed by atoms with Gasteiger partial charge in [-0.05, 0) is 42.8 Å². The molecule has 0 N–H and O–H groups in total. The largest absolute Gasteiger partial charge is 0.457 e. The third-order valence-electron chi connectivity index (χ3n) is 6.79. The zero-order valence-electron chi connectivity index (χ0n) is 22.3. The van der Waals surface area contributed by atoms with Gasteiger partial charge in [0.05, 0.1) is 31.0 Å². The summed E-state index contributed by atoms with van der Waals surface area (Å²) in [5, 5.41) is 8.54. The fraction of sp³-hybridized carbons (Fsp3) is 0.310. The molecule has 0 unspecified atom stereocenters. The van der Waals surface area contributed by atoms with Crippen LogP contribution in [0.4, 0.5) is 5.69 Å². The molecule has 1 fully saturated rings. The minimum atomic E-state index is -0.572. The normalized spacial score (nSPS) is 14.1. The minimum absolute atomic E-state index is 0.0378. The Morgan fingerprint density at radius 2 is 1.82 bits per heavy atom. The van der Waals surface area contributed by atoms with E-state index in [2.05, 4.69) is 25.2 Å². The second-order valence-corrected chi connectivity index (χ2v) is 9.86. The quantitative estimate of drug-likeness (QED) is 0.170. The van der Waals surface area contributed by atoms with Crippen LogP contribution >= 0.6 is 11.6 Å². The average molecular weight is 561 g/mol. The lowest BCUT2D eigenvalue weighted by Crippen LogP contribution is -2.36. The van der Waals surface area contributed by atoms with Gasteiger partial charge in [0, 0.05) is 55.8 Å². The van der Waals surface area contributed by atoms with Gasteiger partial charge in [-0.3, -0.25) is 19.3 Å². The van der Waals surface area contributed by atoms with Gasteiger partial charge in [-0.25, -0.2) is 4.98 Å². The smallest absolute Gasteiger partial charge is 0.312 e. The minimum Gasteiger partial charge on any atom is -0.457 e. The van der Waals surface area contributed by atoms with Crippen molar-refractivity contribution in [3.05, 3.63) is 88.5 Å². The number of hydrogen-bond donors (Lipinski definition) is 0. The molecular weight excluding hydrogens is 532 g/mol. The van der Waals surface area contributed by atoms with Crippen molar-refractivity contribution in [3.63, 3.8) is 0 Å². The summed E-state index contributed by atoms with van der Waals surface area (Å²) in [7, 11) is 1.70. The van der Waals surface area contributed by atoms with E-state index in [1.54, 1.807) is 44.4 Å². The molecule has 5 rings (SSSR count). The molecular formula is C29H29ClN6O4. The summed E-state index contributed by atoms with van der Waals surface area (Å²) in [6.45, 7) is 4.92. The van der Waals surface area contributed by atoms with E-state index in [1.807, 2.05) is 24.3 Å². The highest BCUT2D eigenvalue weighted by atomic mass is 35.5. The average Bonchev–Trinajstić information content (AvgIpc) is 3.33. The number of hydrogen-bond acceptors (Lipinski definition) is 9. The van der Waals surface area contributed by atoms with E-state index in [0.29, 0.717) is 28.2 Å². The second-order valence-electron chi connectivity index (χ2n) is 9.50. The summed E-state index contributed by atoms with van der Waals surface area (Å²) in [5.41, 5.74) is 4.67. The molecule has 40 heavy (non-hydrogen) atoms. The van der Waals surface area contributed by atoms with Crippen LogP contribution in [0.2, 0.25) is 5.15 Å². The van der Waals surface area contributed by atoms with E-state index in [-0.39, 0.29) is 23.8 Å². The molecule has 0 bridgehead atoms. The third-order valence-corrected chi connectivity index (χ3v) is 7.11. The number of anilines is 1. The van der Waals surface area contributed by atoms with E-state index in [0.717, 1.165) is 37.6 Å². The number of morpholine rings is 1. The van der Waals surface area contributed by atoms with Gasteiger partial charge < -0.3 is 14.4 Å². The molecule has 1 aliphatic heterocycles. The molecule has 10 nitrogen and oxygen atoms in total. The van der Waals surface area contributed by atoms with E-state index in [1.165, 1.54) is 10.9 Å². The fourth-order valence-corrected chi connectivity index (χ4v) is 4.82. The molecule has 0 radical (unpaired) electrons.